The van der Waals surface area contributed by atoms with E-state index in [1.54, 1.807) is 0 Å². The van der Waals surface area contributed by atoms with Gasteiger partial charge in [0, 0.05) is 22.7 Å². The highest BCUT2D eigenvalue weighted by molar-refractivity contribution is 6.30. The third-order valence-corrected chi connectivity index (χ3v) is 6.20. The molecule has 3 aromatic carbocycles. The Morgan fingerprint density at radius 1 is 1.06 bits per heavy atom. The monoisotopic (exact) mass is 443 g/mol. The Labute approximate surface area is 191 Å². The molecule has 1 aliphatic rings. The highest BCUT2D eigenvalue weighted by Crippen LogP contribution is 2.45. The Morgan fingerprint density at radius 3 is 2.50 bits per heavy atom. The normalized spacial score (nSPS) is 15.3. The Kier molecular flexibility index (Phi) is 4.98. The Hall–Kier alpha value is -3.57. The van der Waals surface area contributed by atoms with Crippen molar-refractivity contribution in [3.8, 4) is 17.0 Å². The van der Waals surface area contributed by atoms with Crippen LogP contribution in [0.2, 0.25) is 5.02 Å². The first-order valence-electron chi connectivity index (χ1n) is 10.4. The van der Waals surface area contributed by atoms with Gasteiger partial charge in [-0.2, -0.15) is 5.10 Å². The summed E-state index contributed by atoms with van der Waals surface area (Å²) in [6.07, 6.45) is 0. The van der Waals surface area contributed by atoms with Crippen LogP contribution in [0.5, 0.6) is 5.75 Å². The van der Waals surface area contributed by atoms with Crippen LogP contribution in [0.25, 0.3) is 11.3 Å². The highest BCUT2D eigenvalue weighted by atomic mass is 35.5. The molecule has 32 heavy (non-hydrogen) atoms. The maximum Gasteiger partial charge on any atom is 0.273 e. The zero-order valence-corrected chi connectivity index (χ0v) is 18.5. The van der Waals surface area contributed by atoms with Crippen LogP contribution in [-0.4, -0.2) is 26.1 Å². The first kappa shape index (κ1) is 20.3. The van der Waals surface area contributed by atoms with Crippen LogP contribution in [0, 0.1) is 13.8 Å². The van der Waals surface area contributed by atoms with E-state index in [1.807, 2.05) is 85.5 Å². The van der Waals surface area contributed by atoms with Crippen molar-refractivity contribution in [3.63, 3.8) is 0 Å². The number of hydrogen-bond donors (Lipinski definition) is 2. The van der Waals surface area contributed by atoms with E-state index in [4.69, 9.17) is 11.6 Å². The molecule has 5 rings (SSSR count). The van der Waals surface area contributed by atoms with Crippen molar-refractivity contribution >= 4 is 17.5 Å². The van der Waals surface area contributed by atoms with Crippen LogP contribution in [0.4, 0.5) is 0 Å². The molecule has 5 nitrogen and oxygen atoms in total. The minimum absolute atomic E-state index is 0.119. The first-order valence-corrected chi connectivity index (χ1v) is 10.8. The van der Waals surface area contributed by atoms with E-state index >= 15 is 0 Å². The van der Waals surface area contributed by atoms with Gasteiger partial charge in [0.05, 0.1) is 6.04 Å². The summed E-state index contributed by atoms with van der Waals surface area (Å²) in [6, 6.07) is 20.9. The van der Waals surface area contributed by atoms with Gasteiger partial charge in [0.1, 0.15) is 17.1 Å². The molecule has 1 aliphatic heterocycles. The molecule has 0 saturated heterocycles. The maximum atomic E-state index is 13.5. The number of H-pyrrole nitrogens is 1. The molecule has 2 N–H and O–H groups in total. The topological polar surface area (TPSA) is 69.2 Å². The summed E-state index contributed by atoms with van der Waals surface area (Å²) < 4.78 is 0. The Bertz CT molecular complexity index is 1310. The smallest absolute Gasteiger partial charge is 0.273 e. The number of hydrogen-bond acceptors (Lipinski definition) is 3. The number of rotatable bonds is 4. The number of aromatic amines is 1. The fourth-order valence-electron chi connectivity index (χ4n) is 4.48. The number of carbonyl (C=O) groups is 1. The lowest BCUT2D eigenvalue weighted by molar-refractivity contribution is 0.0730. The summed E-state index contributed by atoms with van der Waals surface area (Å²) in [5.41, 5.74) is 6.19. The summed E-state index contributed by atoms with van der Waals surface area (Å²) in [7, 11) is 0. The number of nitrogens with zero attached hydrogens (tertiary/aromatic N) is 2. The third kappa shape index (κ3) is 3.35. The van der Waals surface area contributed by atoms with Gasteiger partial charge >= 0.3 is 0 Å². The van der Waals surface area contributed by atoms with Crippen LogP contribution >= 0.6 is 11.6 Å². The molecular formula is C26H22ClN3O2. The zero-order valence-electron chi connectivity index (χ0n) is 17.8. The van der Waals surface area contributed by atoms with Crippen LogP contribution in [0.1, 0.15) is 44.3 Å². The molecular weight excluding hydrogens is 422 g/mol. The second-order valence-electron chi connectivity index (χ2n) is 8.21. The molecule has 1 atom stereocenters. The largest absolute Gasteiger partial charge is 0.507 e. The number of halogens is 1. The molecule has 0 fully saturated rings. The zero-order chi connectivity index (χ0) is 22.4. The first-order chi connectivity index (χ1) is 15.4. The fourth-order valence-corrected chi connectivity index (χ4v) is 4.60. The number of nitrogens with one attached hydrogen (secondary N) is 1. The van der Waals surface area contributed by atoms with Crippen molar-refractivity contribution in [2.45, 2.75) is 26.4 Å². The van der Waals surface area contributed by atoms with Crippen molar-refractivity contribution in [2.24, 2.45) is 0 Å². The summed E-state index contributed by atoms with van der Waals surface area (Å²) in [4.78, 5) is 15.3. The fraction of sp³-hybridized carbons (Fsp3) is 0.154. The SMILES string of the molecule is Cc1cc(C)c(O)c(-c2n[nH]c3c2C(c2ccc(Cl)cc2)N(Cc2ccccc2)C3=O)c1. The lowest BCUT2D eigenvalue weighted by atomic mass is 9.94. The number of aromatic hydroxyl groups is 1. The van der Waals surface area contributed by atoms with Crippen molar-refractivity contribution in [1.29, 1.82) is 0 Å². The number of aryl methyl sites for hydroxylation is 2. The van der Waals surface area contributed by atoms with Crippen molar-refractivity contribution < 1.29 is 9.90 Å². The molecule has 4 aromatic rings. The second-order valence-corrected chi connectivity index (χ2v) is 8.65. The quantitative estimate of drug-likeness (QED) is 0.419. The highest BCUT2D eigenvalue weighted by Gasteiger charge is 2.42. The van der Waals surface area contributed by atoms with Crippen LogP contribution in [0.3, 0.4) is 0 Å². The molecule has 1 amide bonds. The Morgan fingerprint density at radius 2 is 1.78 bits per heavy atom. The minimum atomic E-state index is -0.357. The van der Waals surface area contributed by atoms with E-state index in [2.05, 4.69) is 10.2 Å². The van der Waals surface area contributed by atoms with Gasteiger partial charge < -0.3 is 10.0 Å². The maximum absolute atomic E-state index is 13.5. The van der Waals surface area contributed by atoms with Gasteiger partial charge in [-0.15, -0.1) is 0 Å². The van der Waals surface area contributed by atoms with Crippen LogP contribution < -0.4 is 0 Å². The molecule has 6 heteroatoms. The van der Waals surface area contributed by atoms with E-state index in [9.17, 15) is 9.90 Å². The van der Waals surface area contributed by atoms with Gasteiger partial charge in [0.25, 0.3) is 5.91 Å². The average Bonchev–Trinajstić information content (AvgIpc) is 3.32. The van der Waals surface area contributed by atoms with Crippen LogP contribution in [0.15, 0.2) is 66.7 Å². The summed E-state index contributed by atoms with van der Waals surface area (Å²) in [5.74, 6) is 0.0557. The van der Waals surface area contributed by atoms with Crippen molar-refractivity contribution in [2.75, 3.05) is 0 Å². The third-order valence-electron chi connectivity index (χ3n) is 5.95. The van der Waals surface area contributed by atoms with E-state index in [-0.39, 0.29) is 17.7 Å². The number of phenols is 1. The number of amides is 1. The van der Waals surface area contributed by atoms with Gasteiger partial charge in [0.2, 0.25) is 0 Å². The second kappa shape index (κ2) is 7.84. The van der Waals surface area contributed by atoms with Gasteiger partial charge in [0.15, 0.2) is 0 Å². The molecule has 0 bridgehead atoms. The van der Waals surface area contributed by atoms with Crippen molar-refractivity contribution in [3.05, 3.63) is 105 Å². The van der Waals surface area contributed by atoms with E-state index in [1.165, 1.54) is 0 Å². The predicted octanol–water partition coefficient (Wildman–Crippen LogP) is 5.80. The standard InChI is InChI=1S/C26H22ClN3O2/c1-15-12-16(2)25(31)20(13-15)22-21-23(29-28-22)26(32)30(14-17-6-4-3-5-7-17)24(21)18-8-10-19(27)11-9-18/h3-13,24,31H,14H2,1-2H3,(H,28,29). The molecule has 1 unspecified atom stereocenters. The number of phenolic OH excluding ortho intramolecular Hbond substituents is 1. The molecule has 2 heterocycles. The molecule has 0 aliphatic carbocycles. The molecule has 0 saturated carbocycles. The van der Waals surface area contributed by atoms with E-state index in [0.29, 0.717) is 28.5 Å². The molecule has 1 aromatic heterocycles. The van der Waals surface area contributed by atoms with Gasteiger partial charge in [-0.05, 0) is 54.3 Å². The molecule has 0 spiro atoms. The number of benzene rings is 3. The van der Waals surface area contributed by atoms with Gasteiger partial charge in [-0.3, -0.25) is 9.89 Å². The number of aromatic nitrogens is 2. The number of fused-ring (bicyclic) bond motifs is 1. The van der Waals surface area contributed by atoms with Crippen molar-refractivity contribution in [1.82, 2.24) is 15.1 Å². The summed E-state index contributed by atoms with van der Waals surface area (Å²) in [6.45, 7) is 4.29. The Balaban J connectivity index is 1.69. The summed E-state index contributed by atoms with van der Waals surface area (Å²) in [5, 5.41) is 18.9. The predicted molar refractivity (Wildman–Crippen MR) is 125 cm³/mol. The van der Waals surface area contributed by atoms with E-state index in [0.717, 1.165) is 27.8 Å². The number of carbonyl (C=O) groups excluding carboxylic acids is 1. The molecule has 0 radical (unpaired) electrons. The lowest BCUT2D eigenvalue weighted by Gasteiger charge is -2.26. The lowest BCUT2D eigenvalue weighted by Crippen LogP contribution is -2.29. The molecule has 160 valence electrons. The van der Waals surface area contributed by atoms with Gasteiger partial charge in [-0.25, -0.2) is 0 Å². The van der Waals surface area contributed by atoms with E-state index < -0.39 is 0 Å². The average molecular weight is 444 g/mol. The van der Waals surface area contributed by atoms with Crippen LogP contribution in [-0.2, 0) is 6.54 Å². The van der Waals surface area contributed by atoms with Gasteiger partial charge in [-0.1, -0.05) is 60.1 Å². The summed E-state index contributed by atoms with van der Waals surface area (Å²) >= 11 is 6.14. The minimum Gasteiger partial charge on any atom is -0.507 e.